The molecule has 1 N–H and O–H groups in total. The van der Waals surface area contributed by atoms with Gasteiger partial charge in [-0.25, -0.2) is 4.79 Å². The molecular weight excluding hydrogens is 328 g/mol. The fraction of sp³-hybridized carbons (Fsp3) is 0.294. The molecule has 1 aliphatic rings. The Morgan fingerprint density at radius 3 is 3.17 bits per heavy atom. The second-order valence-electron chi connectivity index (χ2n) is 5.70. The molecule has 3 aromatic rings. The van der Waals surface area contributed by atoms with Gasteiger partial charge in [0.1, 0.15) is 6.10 Å². The maximum atomic E-state index is 12.5. The molecule has 1 amide bonds. The van der Waals surface area contributed by atoms with Crippen molar-refractivity contribution in [3.8, 4) is 0 Å². The van der Waals surface area contributed by atoms with E-state index in [2.05, 4.69) is 5.32 Å². The van der Waals surface area contributed by atoms with Gasteiger partial charge in [-0.3, -0.25) is 9.36 Å². The van der Waals surface area contributed by atoms with Gasteiger partial charge in [-0.2, -0.15) is 0 Å². The van der Waals surface area contributed by atoms with Crippen LogP contribution in [0.15, 0.2) is 38.9 Å². The highest BCUT2D eigenvalue weighted by Gasteiger charge is 2.23. The second kappa shape index (κ2) is 5.92. The van der Waals surface area contributed by atoms with Gasteiger partial charge in [0, 0.05) is 24.9 Å². The third kappa shape index (κ3) is 2.46. The standard InChI is InChI=1S/C17H16N2O4S/c1-19-12-4-2-3-11(15(12)23-17(19)21)16(20)18-9-13-10-6-8-24-14(10)5-7-22-13/h2-4,6,8,13H,5,7,9H2,1H3,(H,18,20)/t13-/m1/s1. The summed E-state index contributed by atoms with van der Waals surface area (Å²) in [7, 11) is 1.61. The molecule has 0 saturated carbocycles. The third-order valence-electron chi connectivity index (χ3n) is 4.29. The lowest BCUT2D eigenvalue weighted by Crippen LogP contribution is -2.31. The van der Waals surface area contributed by atoms with E-state index in [0.717, 1.165) is 12.0 Å². The van der Waals surface area contributed by atoms with Gasteiger partial charge in [-0.05, 0) is 29.1 Å². The Labute approximate surface area is 141 Å². The number of amides is 1. The Morgan fingerprint density at radius 1 is 1.42 bits per heavy atom. The van der Waals surface area contributed by atoms with Crippen LogP contribution in [0.4, 0.5) is 0 Å². The van der Waals surface area contributed by atoms with Gasteiger partial charge < -0.3 is 14.5 Å². The largest absolute Gasteiger partial charge is 0.419 e. The predicted molar refractivity (Wildman–Crippen MR) is 90.5 cm³/mol. The van der Waals surface area contributed by atoms with Crippen LogP contribution in [0.2, 0.25) is 0 Å². The normalized spacial score (nSPS) is 17.0. The summed E-state index contributed by atoms with van der Waals surface area (Å²) in [6.07, 6.45) is 0.789. The summed E-state index contributed by atoms with van der Waals surface area (Å²) in [5, 5.41) is 4.94. The van der Waals surface area contributed by atoms with Crippen LogP contribution >= 0.6 is 11.3 Å². The van der Waals surface area contributed by atoms with Gasteiger partial charge in [-0.1, -0.05) is 6.07 Å². The van der Waals surface area contributed by atoms with Crippen LogP contribution in [0.5, 0.6) is 0 Å². The molecule has 4 rings (SSSR count). The molecule has 6 nitrogen and oxygen atoms in total. The van der Waals surface area contributed by atoms with E-state index in [9.17, 15) is 9.59 Å². The van der Waals surface area contributed by atoms with Crippen molar-refractivity contribution in [1.82, 2.24) is 9.88 Å². The van der Waals surface area contributed by atoms with E-state index in [-0.39, 0.29) is 12.0 Å². The molecule has 1 aromatic carbocycles. The molecule has 3 heterocycles. The summed E-state index contributed by atoms with van der Waals surface area (Å²) in [5.74, 6) is -0.760. The van der Waals surface area contributed by atoms with Crippen LogP contribution < -0.4 is 11.1 Å². The molecule has 0 fully saturated rings. The number of aryl methyl sites for hydroxylation is 1. The number of oxazole rings is 1. The minimum atomic E-state index is -0.483. The number of hydrogen-bond acceptors (Lipinski definition) is 5. The van der Waals surface area contributed by atoms with Crippen molar-refractivity contribution in [3.05, 3.63) is 56.2 Å². The molecule has 0 radical (unpaired) electrons. The number of rotatable bonds is 3. The predicted octanol–water partition coefficient (Wildman–Crippen LogP) is 2.24. The summed E-state index contributed by atoms with van der Waals surface area (Å²) in [4.78, 5) is 25.5. The molecule has 0 aliphatic carbocycles. The number of aromatic nitrogens is 1. The second-order valence-corrected chi connectivity index (χ2v) is 6.70. The highest BCUT2D eigenvalue weighted by atomic mass is 32.1. The van der Waals surface area contributed by atoms with E-state index in [0.29, 0.717) is 29.8 Å². The number of ether oxygens (including phenoxy) is 1. The molecule has 7 heteroatoms. The van der Waals surface area contributed by atoms with Gasteiger partial charge in [0.15, 0.2) is 5.58 Å². The van der Waals surface area contributed by atoms with E-state index in [4.69, 9.17) is 9.15 Å². The first kappa shape index (κ1) is 15.2. The van der Waals surface area contributed by atoms with Crippen molar-refractivity contribution in [3.63, 3.8) is 0 Å². The number of carbonyl (C=O) groups excluding carboxylic acids is 1. The minimum Gasteiger partial charge on any atom is -0.407 e. The maximum absolute atomic E-state index is 12.5. The van der Waals surface area contributed by atoms with Crippen molar-refractivity contribution < 1.29 is 13.9 Å². The van der Waals surface area contributed by atoms with Crippen molar-refractivity contribution in [2.75, 3.05) is 13.2 Å². The molecular formula is C17H16N2O4S. The van der Waals surface area contributed by atoms with Crippen molar-refractivity contribution in [2.45, 2.75) is 12.5 Å². The molecule has 1 aliphatic heterocycles. The Morgan fingerprint density at radius 2 is 2.29 bits per heavy atom. The Hall–Kier alpha value is -2.38. The molecule has 2 aromatic heterocycles. The number of para-hydroxylation sites is 1. The lowest BCUT2D eigenvalue weighted by atomic mass is 10.1. The smallest absolute Gasteiger partial charge is 0.407 e. The zero-order valence-electron chi connectivity index (χ0n) is 13.1. The zero-order chi connectivity index (χ0) is 16.7. The fourth-order valence-corrected chi connectivity index (χ4v) is 3.92. The van der Waals surface area contributed by atoms with Crippen molar-refractivity contribution in [2.24, 2.45) is 7.05 Å². The van der Waals surface area contributed by atoms with Gasteiger partial charge >= 0.3 is 5.76 Å². The molecule has 0 spiro atoms. The average Bonchev–Trinajstić information content (AvgIpc) is 3.18. The van der Waals surface area contributed by atoms with Crippen LogP contribution in [0.1, 0.15) is 26.9 Å². The number of nitrogens with zero attached hydrogens (tertiary/aromatic N) is 1. The van der Waals surface area contributed by atoms with Crippen molar-refractivity contribution >= 4 is 28.3 Å². The quantitative estimate of drug-likeness (QED) is 0.791. The van der Waals surface area contributed by atoms with E-state index in [1.54, 1.807) is 36.6 Å². The first-order valence-corrected chi connectivity index (χ1v) is 8.57. The minimum absolute atomic E-state index is 0.133. The number of nitrogens with one attached hydrogen (secondary N) is 1. The fourth-order valence-electron chi connectivity index (χ4n) is 3.00. The highest BCUT2D eigenvalue weighted by molar-refractivity contribution is 7.10. The molecule has 24 heavy (non-hydrogen) atoms. The van der Waals surface area contributed by atoms with Gasteiger partial charge in [-0.15, -0.1) is 11.3 Å². The number of hydrogen-bond donors (Lipinski definition) is 1. The van der Waals surface area contributed by atoms with E-state index >= 15 is 0 Å². The van der Waals surface area contributed by atoms with Crippen LogP contribution in [0, 0.1) is 0 Å². The number of benzene rings is 1. The Balaban J connectivity index is 1.56. The van der Waals surface area contributed by atoms with Crippen LogP contribution in [0.25, 0.3) is 11.1 Å². The lowest BCUT2D eigenvalue weighted by Gasteiger charge is -2.23. The summed E-state index contributed by atoms with van der Waals surface area (Å²) >= 11 is 1.72. The highest BCUT2D eigenvalue weighted by Crippen LogP contribution is 2.30. The van der Waals surface area contributed by atoms with Crippen LogP contribution in [-0.2, 0) is 18.2 Å². The van der Waals surface area contributed by atoms with E-state index in [1.807, 2.05) is 11.4 Å². The third-order valence-corrected chi connectivity index (χ3v) is 5.28. The van der Waals surface area contributed by atoms with Gasteiger partial charge in [0.25, 0.3) is 5.91 Å². The van der Waals surface area contributed by atoms with Crippen LogP contribution in [0.3, 0.4) is 0 Å². The Bertz CT molecular complexity index is 969. The van der Waals surface area contributed by atoms with E-state index in [1.165, 1.54) is 9.44 Å². The van der Waals surface area contributed by atoms with Gasteiger partial charge in [0.05, 0.1) is 17.7 Å². The first-order chi connectivity index (χ1) is 11.6. The average molecular weight is 344 g/mol. The summed E-state index contributed by atoms with van der Waals surface area (Å²) in [5.41, 5.74) is 2.41. The monoisotopic (exact) mass is 344 g/mol. The maximum Gasteiger partial charge on any atom is 0.419 e. The number of carbonyl (C=O) groups is 1. The Kier molecular flexibility index (Phi) is 3.74. The first-order valence-electron chi connectivity index (χ1n) is 7.70. The number of fused-ring (bicyclic) bond motifs is 2. The summed E-state index contributed by atoms with van der Waals surface area (Å²) in [6.45, 7) is 1.05. The summed E-state index contributed by atoms with van der Waals surface area (Å²) < 4.78 is 12.4. The van der Waals surface area contributed by atoms with Crippen LogP contribution in [-0.4, -0.2) is 23.6 Å². The molecule has 0 unspecified atom stereocenters. The van der Waals surface area contributed by atoms with Crippen molar-refractivity contribution in [1.29, 1.82) is 0 Å². The SMILES string of the molecule is Cn1c(=O)oc2c(C(=O)NC[C@H]3OCCc4sccc43)cccc21. The molecule has 0 bridgehead atoms. The number of thiophene rings is 1. The van der Waals surface area contributed by atoms with Gasteiger partial charge in [0.2, 0.25) is 0 Å². The lowest BCUT2D eigenvalue weighted by molar-refractivity contribution is 0.0423. The zero-order valence-corrected chi connectivity index (χ0v) is 13.9. The molecule has 124 valence electrons. The topological polar surface area (TPSA) is 73.5 Å². The van der Waals surface area contributed by atoms with E-state index < -0.39 is 5.76 Å². The molecule has 1 atom stereocenters. The molecule has 0 saturated heterocycles. The summed E-state index contributed by atoms with van der Waals surface area (Å²) in [6, 6.07) is 7.19.